The summed E-state index contributed by atoms with van der Waals surface area (Å²) in [6, 6.07) is 11.7. The van der Waals surface area contributed by atoms with Crippen LogP contribution < -0.4 is 15.2 Å². The van der Waals surface area contributed by atoms with Crippen molar-refractivity contribution in [3.63, 3.8) is 0 Å². The van der Waals surface area contributed by atoms with Crippen molar-refractivity contribution in [2.45, 2.75) is 13.8 Å². The monoisotopic (exact) mass is 406 g/mol. The zero-order valence-corrected chi connectivity index (χ0v) is 17.8. The van der Waals surface area contributed by atoms with Crippen LogP contribution in [0.5, 0.6) is 5.75 Å². The standard InChI is InChI=1S/C23H26N4O3/c1-15-13-17-19(14-16(15)2)25(3)22(28)21(24-17)23(29)27-11-9-26(10-12-27)18-7-5-6-8-20(18)30-4/h5-8,13-14H,9-12H2,1-4H3. The molecule has 4 rings (SSSR count). The molecule has 0 radical (unpaired) electrons. The topological polar surface area (TPSA) is 67.7 Å². The fraction of sp³-hybridized carbons (Fsp3) is 0.348. The second-order valence-corrected chi connectivity index (χ2v) is 7.70. The summed E-state index contributed by atoms with van der Waals surface area (Å²) in [4.78, 5) is 34.4. The lowest BCUT2D eigenvalue weighted by molar-refractivity contribution is 0.0738. The van der Waals surface area contributed by atoms with Crippen molar-refractivity contribution in [1.82, 2.24) is 14.5 Å². The van der Waals surface area contributed by atoms with Crippen LogP contribution in [0.25, 0.3) is 11.0 Å². The number of rotatable bonds is 3. The number of fused-ring (bicyclic) bond motifs is 1. The molecule has 7 heteroatoms. The molecule has 1 aliphatic rings. The summed E-state index contributed by atoms with van der Waals surface area (Å²) in [5.74, 6) is 0.503. The summed E-state index contributed by atoms with van der Waals surface area (Å²) in [7, 11) is 3.35. The summed E-state index contributed by atoms with van der Waals surface area (Å²) < 4.78 is 6.97. The third-order valence-corrected chi connectivity index (χ3v) is 5.89. The van der Waals surface area contributed by atoms with Gasteiger partial charge in [0.25, 0.3) is 11.5 Å². The second kappa shape index (κ2) is 7.82. The lowest BCUT2D eigenvalue weighted by Crippen LogP contribution is -2.50. The molecule has 2 heterocycles. The van der Waals surface area contributed by atoms with Gasteiger partial charge in [0.1, 0.15) is 5.75 Å². The van der Waals surface area contributed by atoms with Gasteiger partial charge in [-0.1, -0.05) is 12.1 Å². The van der Waals surface area contributed by atoms with Crippen molar-refractivity contribution in [2.24, 2.45) is 7.05 Å². The number of nitrogens with zero attached hydrogens (tertiary/aromatic N) is 4. The molecule has 1 saturated heterocycles. The highest BCUT2D eigenvalue weighted by molar-refractivity contribution is 5.94. The molecule has 1 aromatic heterocycles. The maximum atomic E-state index is 13.1. The number of carbonyl (C=O) groups excluding carboxylic acids is 1. The molecule has 0 atom stereocenters. The Hall–Kier alpha value is -3.35. The van der Waals surface area contributed by atoms with Crippen LogP contribution in [0.4, 0.5) is 5.69 Å². The number of piperazine rings is 1. The van der Waals surface area contributed by atoms with Crippen LogP contribution >= 0.6 is 0 Å². The van der Waals surface area contributed by atoms with E-state index in [0.29, 0.717) is 31.7 Å². The molecule has 1 fully saturated rings. The van der Waals surface area contributed by atoms with Crippen molar-refractivity contribution >= 4 is 22.6 Å². The van der Waals surface area contributed by atoms with Crippen molar-refractivity contribution in [2.75, 3.05) is 38.2 Å². The van der Waals surface area contributed by atoms with Crippen LogP contribution in [0.2, 0.25) is 0 Å². The quantitative estimate of drug-likeness (QED) is 0.669. The van der Waals surface area contributed by atoms with E-state index in [-0.39, 0.29) is 17.2 Å². The summed E-state index contributed by atoms with van der Waals surface area (Å²) in [5, 5.41) is 0. The van der Waals surface area contributed by atoms with Gasteiger partial charge in [0.05, 0.1) is 23.8 Å². The Bertz CT molecular complexity index is 1180. The molecule has 0 N–H and O–H groups in total. The lowest BCUT2D eigenvalue weighted by atomic mass is 10.1. The predicted octanol–water partition coefficient (Wildman–Crippen LogP) is 2.52. The Balaban J connectivity index is 1.59. The van der Waals surface area contributed by atoms with Crippen molar-refractivity contribution in [1.29, 1.82) is 0 Å². The first kappa shape index (κ1) is 19.9. The van der Waals surface area contributed by atoms with E-state index >= 15 is 0 Å². The van der Waals surface area contributed by atoms with Gasteiger partial charge in [0.15, 0.2) is 5.69 Å². The SMILES string of the molecule is COc1ccccc1N1CCN(C(=O)c2nc3cc(C)c(C)cc3n(C)c2=O)CC1. The van der Waals surface area contributed by atoms with Gasteiger partial charge in [0.2, 0.25) is 0 Å². The van der Waals surface area contributed by atoms with Gasteiger partial charge in [0, 0.05) is 33.2 Å². The second-order valence-electron chi connectivity index (χ2n) is 7.70. The highest BCUT2D eigenvalue weighted by atomic mass is 16.5. The zero-order chi connectivity index (χ0) is 21.4. The number of methoxy groups -OCH3 is 1. The molecule has 2 aromatic carbocycles. The molecule has 7 nitrogen and oxygen atoms in total. The average molecular weight is 406 g/mol. The van der Waals surface area contributed by atoms with Gasteiger partial charge in [-0.2, -0.15) is 0 Å². The van der Waals surface area contributed by atoms with Crippen LogP contribution in [0, 0.1) is 13.8 Å². The molecule has 0 bridgehead atoms. The Morgan fingerprint density at radius 3 is 2.40 bits per heavy atom. The number of carbonyl (C=O) groups is 1. The fourth-order valence-corrected chi connectivity index (χ4v) is 3.91. The minimum absolute atomic E-state index is 0.0148. The average Bonchev–Trinajstić information content (AvgIpc) is 2.77. The summed E-state index contributed by atoms with van der Waals surface area (Å²) in [6.45, 7) is 6.37. The number of hydrogen-bond acceptors (Lipinski definition) is 5. The van der Waals surface area contributed by atoms with E-state index in [2.05, 4.69) is 9.88 Å². The Morgan fingerprint density at radius 2 is 1.70 bits per heavy atom. The predicted molar refractivity (Wildman–Crippen MR) is 118 cm³/mol. The van der Waals surface area contributed by atoms with Gasteiger partial charge in [-0.15, -0.1) is 0 Å². The molecule has 1 aliphatic heterocycles. The van der Waals surface area contributed by atoms with E-state index in [9.17, 15) is 9.59 Å². The first-order valence-corrected chi connectivity index (χ1v) is 10.1. The first-order chi connectivity index (χ1) is 14.4. The Kier molecular flexibility index (Phi) is 5.20. The molecule has 0 spiro atoms. The van der Waals surface area contributed by atoms with Crippen LogP contribution in [0.15, 0.2) is 41.2 Å². The highest BCUT2D eigenvalue weighted by Gasteiger charge is 2.27. The van der Waals surface area contributed by atoms with E-state index < -0.39 is 0 Å². The van der Waals surface area contributed by atoms with Crippen LogP contribution in [0.3, 0.4) is 0 Å². The maximum absolute atomic E-state index is 13.1. The number of ether oxygens (including phenoxy) is 1. The van der Waals surface area contributed by atoms with Gasteiger partial charge < -0.3 is 19.1 Å². The minimum atomic E-state index is -0.358. The van der Waals surface area contributed by atoms with Gasteiger partial charge >= 0.3 is 0 Å². The fourth-order valence-electron chi connectivity index (χ4n) is 3.91. The van der Waals surface area contributed by atoms with E-state index in [4.69, 9.17) is 4.74 Å². The Morgan fingerprint density at radius 1 is 1.03 bits per heavy atom. The number of anilines is 1. The summed E-state index contributed by atoms with van der Waals surface area (Å²) in [5.41, 5.74) is 4.21. The smallest absolute Gasteiger partial charge is 0.282 e. The normalized spacial score (nSPS) is 14.3. The molecule has 0 aliphatic carbocycles. The first-order valence-electron chi connectivity index (χ1n) is 10.1. The largest absolute Gasteiger partial charge is 0.495 e. The van der Waals surface area contributed by atoms with Crippen LogP contribution in [-0.2, 0) is 7.05 Å². The third-order valence-electron chi connectivity index (χ3n) is 5.89. The van der Waals surface area contributed by atoms with Gasteiger partial charge in [-0.25, -0.2) is 4.98 Å². The molecule has 30 heavy (non-hydrogen) atoms. The third kappa shape index (κ3) is 3.40. The Labute approximate surface area is 175 Å². The van der Waals surface area contributed by atoms with Gasteiger partial charge in [-0.3, -0.25) is 9.59 Å². The minimum Gasteiger partial charge on any atom is -0.495 e. The number of para-hydroxylation sites is 2. The van der Waals surface area contributed by atoms with Crippen LogP contribution in [-0.4, -0.2) is 53.6 Å². The number of aromatic nitrogens is 2. The van der Waals surface area contributed by atoms with Gasteiger partial charge in [-0.05, 0) is 49.2 Å². The molecular formula is C23H26N4O3. The zero-order valence-electron chi connectivity index (χ0n) is 17.8. The highest BCUT2D eigenvalue weighted by Crippen LogP contribution is 2.28. The van der Waals surface area contributed by atoms with E-state index in [1.54, 1.807) is 19.1 Å². The molecule has 0 saturated carbocycles. The van der Waals surface area contributed by atoms with E-state index in [1.165, 1.54) is 4.57 Å². The molecule has 156 valence electrons. The van der Waals surface area contributed by atoms with Crippen molar-refractivity contribution in [3.05, 3.63) is 63.6 Å². The van der Waals surface area contributed by atoms with Crippen LogP contribution in [0.1, 0.15) is 21.6 Å². The van der Waals surface area contributed by atoms with Crippen molar-refractivity contribution < 1.29 is 9.53 Å². The number of hydrogen-bond donors (Lipinski definition) is 0. The van der Waals surface area contributed by atoms with E-state index in [0.717, 1.165) is 28.1 Å². The molecular weight excluding hydrogens is 380 g/mol. The lowest BCUT2D eigenvalue weighted by Gasteiger charge is -2.36. The number of benzene rings is 2. The van der Waals surface area contributed by atoms with Crippen molar-refractivity contribution in [3.8, 4) is 5.75 Å². The summed E-state index contributed by atoms with van der Waals surface area (Å²) in [6.07, 6.45) is 0. The molecule has 3 aromatic rings. The molecule has 1 amide bonds. The number of amides is 1. The summed E-state index contributed by atoms with van der Waals surface area (Å²) >= 11 is 0. The number of aryl methyl sites for hydroxylation is 3. The van der Waals surface area contributed by atoms with E-state index in [1.807, 2.05) is 50.2 Å². The molecule has 0 unspecified atom stereocenters. The maximum Gasteiger partial charge on any atom is 0.282 e.